The lowest BCUT2D eigenvalue weighted by Gasteiger charge is -2.21. The Balaban J connectivity index is 2.03. The average Bonchev–Trinajstić information content (AvgIpc) is 2.88. The first-order valence-electron chi connectivity index (χ1n) is 8.46. The van der Waals surface area contributed by atoms with Crippen LogP contribution in [0.2, 0.25) is 0 Å². The highest BCUT2D eigenvalue weighted by atomic mass is 19.1. The largest absolute Gasteiger partial charge is 0.478 e. The summed E-state index contributed by atoms with van der Waals surface area (Å²) in [6.07, 6.45) is 2.32. The molecular formula is C20H23FN2O2. The van der Waals surface area contributed by atoms with E-state index in [9.17, 15) is 14.3 Å². The standard InChI is InChI=1S/C20H23FN2O2/c1-13-8-17(18(21)10-22-13)16-5-4-14(19(24)25)9-15(16)11-23-7-6-20(2,3)12-23/h4-5,8-10H,6-7,11-12H2,1-3H3,(H,24,25). The number of aromatic carboxylic acids is 1. The van der Waals surface area contributed by atoms with Gasteiger partial charge in [-0.3, -0.25) is 9.88 Å². The fraction of sp³-hybridized carbons (Fsp3) is 0.400. The summed E-state index contributed by atoms with van der Waals surface area (Å²) in [6, 6.07) is 6.61. The van der Waals surface area contributed by atoms with Crippen LogP contribution in [0.1, 0.15) is 41.9 Å². The maximum absolute atomic E-state index is 14.3. The van der Waals surface area contributed by atoms with E-state index in [-0.39, 0.29) is 11.0 Å². The van der Waals surface area contributed by atoms with Crippen LogP contribution in [-0.2, 0) is 6.54 Å². The Morgan fingerprint density at radius 1 is 1.32 bits per heavy atom. The molecule has 0 amide bonds. The first kappa shape index (κ1) is 17.5. The number of benzene rings is 1. The smallest absolute Gasteiger partial charge is 0.335 e. The molecule has 1 aliphatic rings. The second-order valence-corrected chi connectivity index (χ2v) is 7.61. The van der Waals surface area contributed by atoms with Gasteiger partial charge in [0.1, 0.15) is 5.82 Å². The van der Waals surface area contributed by atoms with Crippen molar-refractivity contribution in [2.45, 2.75) is 33.7 Å². The summed E-state index contributed by atoms with van der Waals surface area (Å²) >= 11 is 0. The van der Waals surface area contributed by atoms with Gasteiger partial charge in [0.2, 0.25) is 0 Å². The molecule has 0 radical (unpaired) electrons. The van der Waals surface area contributed by atoms with Gasteiger partial charge >= 0.3 is 5.97 Å². The fourth-order valence-corrected chi connectivity index (χ4v) is 3.47. The van der Waals surface area contributed by atoms with Crippen LogP contribution in [0.4, 0.5) is 4.39 Å². The number of pyridine rings is 1. The van der Waals surface area contributed by atoms with Crippen LogP contribution in [0.15, 0.2) is 30.5 Å². The number of carbonyl (C=O) groups is 1. The molecular weight excluding hydrogens is 319 g/mol. The van der Waals surface area contributed by atoms with Gasteiger partial charge in [0.05, 0.1) is 11.8 Å². The third-order valence-electron chi connectivity index (χ3n) is 4.78. The van der Waals surface area contributed by atoms with Gasteiger partial charge in [0, 0.05) is 24.3 Å². The van der Waals surface area contributed by atoms with E-state index in [1.54, 1.807) is 18.2 Å². The van der Waals surface area contributed by atoms with Crippen LogP contribution in [0.5, 0.6) is 0 Å². The van der Waals surface area contributed by atoms with E-state index >= 15 is 0 Å². The molecule has 0 aliphatic carbocycles. The number of carboxylic acid groups (broad SMARTS) is 1. The van der Waals surface area contributed by atoms with Crippen molar-refractivity contribution in [3.8, 4) is 11.1 Å². The van der Waals surface area contributed by atoms with Crippen LogP contribution in [-0.4, -0.2) is 34.0 Å². The lowest BCUT2D eigenvalue weighted by Crippen LogP contribution is -2.23. The molecule has 1 aromatic carbocycles. The summed E-state index contributed by atoms with van der Waals surface area (Å²) in [5.41, 5.74) is 3.25. The molecule has 25 heavy (non-hydrogen) atoms. The van der Waals surface area contributed by atoms with Crippen molar-refractivity contribution in [2.24, 2.45) is 5.41 Å². The zero-order chi connectivity index (χ0) is 18.2. The van der Waals surface area contributed by atoms with E-state index < -0.39 is 11.8 Å². The van der Waals surface area contributed by atoms with E-state index in [1.165, 1.54) is 12.3 Å². The highest BCUT2D eigenvalue weighted by Gasteiger charge is 2.29. The van der Waals surface area contributed by atoms with Crippen molar-refractivity contribution in [1.82, 2.24) is 9.88 Å². The van der Waals surface area contributed by atoms with Crippen LogP contribution in [0, 0.1) is 18.2 Å². The highest BCUT2D eigenvalue weighted by Crippen LogP contribution is 2.33. The Morgan fingerprint density at radius 3 is 2.72 bits per heavy atom. The van der Waals surface area contributed by atoms with Gasteiger partial charge in [-0.15, -0.1) is 0 Å². The third-order valence-corrected chi connectivity index (χ3v) is 4.78. The molecule has 1 aliphatic heterocycles. The summed E-state index contributed by atoms with van der Waals surface area (Å²) in [4.78, 5) is 17.6. The average molecular weight is 342 g/mol. The first-order chi connectivity index (χ1) is 11.7. The molecule has 0 spiro atoms. The molecule has 0 atom stereocenters. The maximum Gasteiger partial charge on any atom is 0.335 e. The van der Waals surface area contributed by atoms with Gasteiger partial charge in [-0.25, -0.2) is 9.18 Å². The van der Waals surface area contributed by atoms with Gasteiger partial charge < -0.3 is 5.11 Å². The normalized spacial score (nSPS) is 17.0. The van der Waals surface area contributed by atoms with Crippen molar-refractivity contribution in [3.05, 3.63) is 53.1 Å². The van der Waals surface area contributed by atoms with E-state index in [0.717, 1.165) is 36.3 Å². The SMILES string of the molecule is Cc1cc(-c2ccc(C(=O)O)cc2CN2CCC(C)(C)C2)c(F)cn1. The minimum absolute atomic E-state index is 0.225. The molecule has 2 aromatic rings. The number of likely N-dealkylation sites (tertiary alicyclic amines) is 1. The molecule has 0 saturated carbocycles. The molecule has 4 nitrogen and oxygen atoms in total. The van der Waals surface area contributed by atoms with Gasteiger partial charge in [-0.05, 0) is 54.6 Å². The Morgan fingerprint density at radius 2 is 2.08 bits per heavy atom. The summed E-state index contributed by atoms with van der Waals surface area (Å²) in [5.74, 6) is -1.36. The Hall–Kier alpha value is -2.27. The minimum atomic E-state index is -0.971. The Bertz CT molecular complexity index is 817. The van der Waals surface area contributed by atoms with E-state index in [4.69, 9.17) is 0 Å². The van der Waals surface area contributed by atoms with Gasteiger partial charge in [-0.2, -0.15) is 0 Å². The van der Waals surface area contributed by atoms with Crippen LogP contribution >= 0.6 is 0 Å². The molecule has 1 saturated heterocycles. The van der Waals surface area contributed by atoms with Crippen LogP contribution in [0.3, 0.4) is 0 Å². The van der Waals surface area contributed by atoms with Gasteiger partial charge in [-0.1, -0.05) is 19.9 Å². The molecule has 1 fully saturated rings. The fourth-order valence-electron chi connectivity index (χ4n) is 3.47. The van der Waals surface area contributed by atoms with E-state index in [1.807, 2.05) is 6.92 Å². The second-order valence-electron chi connectivity index (χ2n) is 7.61. The number of hydrogen-bond donors (Lipinski definition) is 1. The summed E-state index contributed by atoms with van der Waals surface area (Å²) in [5, 5.41) is 9.32. The van der Waals surface area contributed by atoms with Crippen molar-refractivity contribution in [3.63, 3.8) is 0 Å². The number of nitrogens with zero attached hydrogens (tertiary/aromatic N) is 2. The van der Waals surface area contributed by atoms with Gasteiger partial charge in [0.25, 0.3) is 0 Å². The lowest BCUT2D eigenvalue weighted by atomic mass is 9.93. The number of rotatable bonds is 4. The monoisotopic (exact) mass is 342 g/mol. The van der Waals surface area contributed by atoms with Crippen molar-refractivity contribution in [1.29, 1.82) is 0 Å². The summed E-state index contributed by atoms with van der Waals surface area (Å²) < 4.78 is 14.3. The molecule has 0 unspecified atom stereocenters. The second kappa shape index (κ2) is 6.56. The summed E-state index contributed by atoms with van der Waals surface area (Å²) in [6.45, 7) is 8.79. The maximum atomic E-state index is 14.3. The molecule has 3 rings (SSSR count). The van der Waals surface area contributed by atoms with E-state index in [2.05, 4.69) is 23.7 Å². The molecule has 1 aromatic heterocycles. The van der Waals surface area contributed by atoms with Crippen LogP contribution < -0.4 is 0 Å². The molecule has 0 bridgehead atoms. The molecule has 5 heteroatoms. The van der Waals surface area contributed by atoms with Crippen molar-refractivity contribution in [2.75, 3.05) is 13.1 Å². The Labute approximate surface area is 147 Å². The highest BCUT2D eigenvalue weighted by molar-refractivity contribution is 5.89. The number of hydrogen-bond acceptors (Lipinski definition) is 3. The molecule has 2 heterocycles. The van der Waals surface area contributed by atoms with E-state index in [0.29, 0.717) is 12.1 Å². The van der Waals surface area contributed by atoms with Crippen LogP contribution in [0.25, 0.3) is 11.1 Å². The number of aryl methyl sites for hydroxylation is 1. The minimum Gasteiger partial charge on any atom is -0.478 e. The van der Waals surface area contributed by atoms with Crippen molar-refractivity contribution < 1.29 is 14.3 Å². The Kier molecular flexibility index (Phi) is 4.60. The summed E-state index contributed by atoms with van der Waals surface area (Å²) in [7, 11) is 0. The number of carboxylic acids is 1. The topological polar surface area (TPSA) is 53.4 Å². The predicted molar refractivity (Wildman–Crippen MR) is 95.0 cm³/mol. The number of halogens is 1. The first-order valence-corrected chi connectivity index (χ1v) is 8.46. The quantitative estimate of drug-likeness (QED) is 0.908. The molecule has 132 valence electrons. The van der Waals surface area contributed by atoms with Crippen molar-refractivity contribution >= 4 is 5.97 Å². The lowest BCUT2D eigenvalue weighted by molar-refractivity contribution is 0.0696. The number of aromatic nitrogens is 1. The van der Waals surface area contributed by atoms with Gasteiger partial charge in [0.15, 0.2) is 0 Å². The predicted octanol–water partition coefficient (Wildman–Crippen LogP) is 4.13. The zero-order valence-electron chi connectivity index (χ0n) is 14.8. The molecule has 1 N–H and O–H groups in total. The zero-order valence-corrected chi connectivity index (χ0v) is 14.8. The third kappa shape index (κ3) is 3.87.